The van der Waals surface area contributed by atoms with E-state index in [1.807, 2.05) is 7.05 Å². The zero-order valence-electron chi connectivity index (χ0n) is 14.2. The molecule has 25 heavy (non-hydrogen) atoms. The average Bonchev–Trinajstić information content (AvgIpc) is 3.17. The first-order valence-corrected chi connectivity index (χ1v) is 8.54. The van der Waals surface area contributed by atoms with Crippen molar-refractivity contribution in [2.24, 2.45) is 5.92 Å². The van der Waals surface area contributed by atoms with Gasteiger partial charge in [0.05, 0.1) is 11.3 Å². The molecule has 4 nitrogen and oxygen atoms in total. The highest BCUT2D eigenvalue weighted by Crippen LogP contribution is 2.28. The Labute approximate surface area is 145 Å². The smallest absolute Gasteiger partial charge is 0.212 e. The van der Waals surface area contributed by atoms with Crippen LogP contribution in [0, 0.1) is 23.4 Å². The van der Waals surface area contributed by atoms with Crippen molar-refractivity contribution < 1.29 is 17.9 Å². The Balaban J connectivity index is 1.76. The zero-order chi connectivity index (χ0) is 17.8. The van der Waals surface area contributed by atoms with Gasteiger partial charge in [-0.25, -0.2) is 17.9 Å². The molecule has 3 rings (SSSR count). The van der Waals surface area contributed by atoms with Crippen molar-refractivity contribution in [3.05, 3.63) is 46.9 Å². The maximum absolute atomic E-state index is 13.8. The van der Waals surface area contributed by atoms with Crippen molar-refractivity contribution in [3.63, 3.8) is 0 Å². The topological polar surface area (TPSA) is 39.1 Å². The number of hydrogen-bond acceptors (Lipinski definition) is 3. The third kappa shape index (κ3) is 4.34. The van der Waals surface area contributed by atoms with Crippen molar-refractivity contribution in [1.29, 1.82) is 0 Å². The number of nitrogens with zero attached hydrogens (tertiary/aromatic N) is 2. The lowest BCUT2D eigenvalue weighted by molar-refractivity contribution is 0.252. The van der Waals surface area contributed by atoms with Crippen LogP contribution in [0.2, 0.25) is 0 Å². The first kappa shape index (κ1) is 17.8. The van der Waals surface area contributed by atoms with Gasteiger partial charge in [-0.1, -0.05) is 12.8 Å². The molecule has 0 spiro atoms. The number of ether oxygens (including phenoxy) is 1. The number of benzene rings is 1. The summed E-state index contributed by atoms with van der Waals surface area (Å²) in [5.41, 5.74) is 0.515. The number of halogens is 3. The number of rotatable bonds is 7. The van der Waals surface area contributed by atoms with E-state index in [1.165, 1.54) is 12.8 Å². The molecule has 1 saturated carbocycles. The van der Waals surface area contributed by atoms with Crippen molar-refractivity contribution in [1.82, 2.24) is 15.1 Å². The minimum absolute atomic E-state index is 0.287. The number of nitrogens with one attached hydrogen (secondary N) is 1. The van der Waals surface area contributed by atoms with E-state index >= 15 is 0 Å². The average molecular weight is 353 g/mol. The summed E-state index contributed by atoms with van der Waals surface area (Å²) in [6, 6.07) is 3.08. The van der Waals surface area contributed by atoms with Crippen LogP contribution in [-0.2, 0) is 19.7 Å². The van der Waals surface area contributed by atoms with Crippen LogP contribution in [0.5, 0.6) is 5.88 Å². The SMILES string of the molecule is CNCc1cc(OCc2c(F)cc(F)cc2F)n(CC2CCCC2)n1. The Morgan fingerprint density at radius 3 is 2.48 bits per heavy atom. The van der Waals surface area contributed by atoms with Crippen LogP contribution in [-0.4, -0.2) is 16.8 Å². The fourth-order valence-corrected chi connectivity index (χ4v) is 3.26. The molecule has 0 aliphatic heterocycles. The summed E-state index contributed by atoms with van der Waals surface area (Å²) in [6.45, 7) is 0.994. The third-order valence-corrected chi connectivity index (χ3v) is 4.53. The van der Waals surface area contributed by atoms with E-state index in [0.717, 1.165) is 25.1 Å². The molecule has 0 radical (unpaired) electrons. The van der Waals surface area contributed by atoms with Gasteiger partial charge in [0, 0.05) is 31.3 Å². The van der Waals surface area contributed by atoms with Crippen LogP contribution in [0.4, 0.5) is 13.2 Å². The predicted octanol–water partition coefficient (Wildman–Crippen LogP) is 3.79. The zero-order valence-corrected chi connectivity index (χ0v) is 14.2. The molecule has 1 N–H and O–H groups in total. The van der Waals surface area contributed by atoms with Crippen LogP contribution >= 0.6 is 0 Å². The monoisotopic (exact) mass is 353 g/mol. The van der Waals surface area contributed by atoms with Gasteiger partial charge in [0.25, 0.3) is 0 Å². The van der Waals surface area contributed by atoms with Gasteiger partial charge in [0.15, 0.2) is 0 Å². The van der Waals surface area contributed by atoms with Gasteiger partial charge in [0.1, 0.15) is 24.1 Å². The van der Waals surface area contributed by atoms with Gasteiger partial charge in [-0.3, -0.25) is 0 Å². The van der Waals surface area contributed by atoms with E-state index in [4.69, 9.17) is 4.74 Å². The van der Waals surface area contributed by atoms with E-state index in [-0.39, 0.29) is 12.2 Å². The first-order chi connectivity index (χ1) is 12.1. The van der Waals surface area contributed by atoms with E-state index in [0.29, 0.717) is 30.5 Å². The van der Waals surface area contributed by atoms with Crippen molar-refractivity contribution in [3.8, 4) is 5.88 Å². The van der Waals surface area contributed by atoms with E-state index < -0.39 is 17.5 Å². The van der Waals surface area contributed by atoms with Crippen LogP contribution in [0.1, 0.15) is 36.9 Å². The molecule has 7 heteroatoms. The second-order valence-electron chi connectivity index (χ2n) is 6.47. The largest absolute Gasteiger partial charge is 0.473 e. The minimum atomic E-state index is -0.949. The van der Waals surface area contributed by atoms with E-state index in [2.05, 4.69) is 10.4 Å². The van der Waals surface area contributed by atoms with Crippen LogP contribution in [0.3, 0.4) is 0 Å². The summed E-state index contributed by atoms with van der Waals surface area (Å²) in [5, 5.41) is 7.54. The quantitative estimate of drug-likeness (QED) is 0.823. The Bertz CT molecular complexity index is 703. The van der Waals surface area contributed by atoms with Crippen molar-refractivity contribution in [2.75, 3.05) is 7.05 Å². The van der Waals surface area contributed by atoms with E-state index in [9.17, 15) is 13.2 Å². The second kappa shape index (κ2) is 7.91. The Morgan fingerprint density at radius 1 is 1.16 bits per heavy atom. The highest BCUT2D eigenvalue weighted by Gasteiger charge is 2.20. The Kier molecular flexibility index (Phi) is 5.63. The van der Waals surface area contributed by atoms with Gasteiger partial charge in [0.2, 0.25) is 5.88 Å². The molecule has 0 atom stereocenters. The predicted molar refractivity (Wildman–Crippen MR) is 87.6 cm³/mol. The lowest BCUT2D eigenvalue weighted by Crippen LogP contribution is -2.13. The number of aromatic nitrogens is 2. The van der Waals surface area contributed by atoms with Crippen molar-refractivity contribution in [2.45, 2.75) is 45.4 Å². The highest BCUT2D eigenvalue weighted by atomic mass is 19.1. The summed E-state index contributed by atoms with van der Waals surface area (Å²) in [6.07, 6.45) is 4.75. The fourth-order valence-electron chi connectivity index (χ4n) is 3.26. The van der Waals surface area contributed by atoms with Gasteiger partial charge in [-0.2, -0.15) is 5.10 Å². The molecule has 1 aromatic heterocycles. The summed E-state index contributed by atoms with van der Waals surface area (Å²) >= 11 is 0. The molecule has 136 valence electrons. The molecule has 1 aromatic carbocycles. The molecule has 2 aromatic rings. The van der Waals surface area contributed by atoms with Crippen LogP contribution < -0.4 is 10.1 Å². The summed E-state index contributed by atoms with van der Waals surface area (Å²) in [7, 11) is 1.82. The van der Waals surface area contributed by atoms with Gasteiger partial charge in [-0.15, -0.1) is 0 Å². The minimum Gasteiger partial charge on any atom is -0.473 e. The molecule has 1 aliphatic carbocycles. The van der Waals surface area contributed by atoms with E-state index in [1.54, 1.807) is 10.7 Å². The fraction of sp³-hybridized carbons (Fsp3) is 0.500. The van der Waals surface area contributed by atoms with Crippen molar-refractivity contribution >= 4 is 0 Å². The molecular weight excluding hydrogens is 331 g/mol. The summed E-state index contributed by atoms with van der Waals surface area (Å²) in [5.74, 6) is -1.82. The van der Waals surface area contributed by atoms with Gasteiger partial charge < -0.3 is 10.1 Å². The molecule has 0 unspecified atom stereocenters. The Morgan fingerprint density at radius 2 is 1.84 bits per heavy atom. The number of hydrogen-bond donors (Lipinski definition) is 1. The van der Waals surface area contributed by atoms with Gasteiger partial charge in [-0.05, 0) is 25.8 Å². The molecule has 1 heterocycles. The van der Waals surface area contributed by atoms with Crippen LogP contribution in [0.15, 0.2) is 18.2 Å². The highest BCUT2D eigenvalue weighted by molar-refractivity contribution is 5.22. The standard InChI is InChI=1S/C18H22F3N3O/c1-22-9-14-8-18(24(23-14)10-12-4-2-3-5-12)25-11-15-16(20)6-13(19)7-17(15)21/h6-8,12,22H,2-5,9-11H2,1H3. The Hall–Kier alpha value is -2.02. The first-order valence-electron chi connectivity index (χ1n) is 8.54. The normalized spacial score (nSPS) is 15.0. The van der Waals surface area contributed by atoms with Crippen LogP contribution in [0.25, 0.3) is 0 Å². The molecule has 1 fully saturated rings. The summed E-state index contributed by atoms with van der Waals surface area (Å²) < 4.78 is 48.0. The molecule has 1 aliphatic rings. The molecule has 0 amide bonds. The van der Waals surface area contributed by atoms with Gasteiger partial charge >= 0.3 is 0 Å². The summed E-state index contributed by atoms with van der Waals surface area (Å²) in [4.78, 5) is 0. The lowest BCUT2D eigenvalue weighted by Gasteiger charge is -2.13. The molecule has 0 saturated heterocycles. The molecule has 0 bridgehead atoms. The molecular formula is C18H22F3N3O. The second-order valence-corrected chi connectivity index (χ2v) is 6.47. The maximum Gasteiger partial charge on any atom is 0.212 e. The maximum atomic E-state index is 13.8. The third-order valence-electron chi connectivity index (χ3n) is 4.53. The lowest BCUT2D eigenvalue weighted by atomic mass is 10.1.